The van der Waals surface area contributed by atoms with Gasteiger partial charge in [0.1, 0.15) is 5.69 Å². The van der Waals surface area contributed by atoms with Crippen molar-refractivity contribution in [3.05, 3.63) is 29.6 Å². The van der Waals surface area contributed by atoms with Crippen molar-refractivity contribution in [1.29, 1.82) is 0 Å². The molecule has 0 aromatic carbocycles. The third-order valence-electron chi connectivity index (χ3n) is 5.22. The minimum absolute atomic E-state index is 0.0436. The van der Waals surface area contributed by atoms with E-state index in [1.54, 1.807) is 12.0 Å². The zero-order chi connectivity index (χ0) is 18.1. The average Bonchev–Trinajstić information content (AvgIpc) is 2.60. The Balaban J connectivity index is 1.73. The molecule has 0 radical (unpaired) electrons. The van der Waals surface area contributed by atoms with Gasteiger partial charge in [0.2, 0.25) is 0 Å². The van der Waals surface area contributed by atoms with Gasteiger partial charge in [-0.3, -0.25) is 14.7 Å². The molecule has 1 spiro atoms. The molecule has 2 saturated heterocycles. The van der Waals surface area contributed by atoms with Crippen molar-refractivity contribution >= 4 is 5.91 Å². The number of piperidine rings is 1. The second-order valence-electron chi connectivity index (χ2n) is 6.71. The fourth-order valence-corrected chi connectivity index (χ4v) is 3.79. The highest BCUT2D eigenvalue weighted by atomic mass is 19.4. The zero-order valence-electron chi connectivity index (χ0n) is 14.2. The van der Waals surface area contributed by atoms with Crippen LogP contribution in [0, 0.1) is 0 Å². The molecule has 1 atom stereocenters. The Kier molecular flexibility index (Phi) is 5.02. The maximum Gasteiger partial charge on any atom is 0.433 e. The molecule has 0 unspecified atom stereocenters. The van der Waals surface area contributed by atoms with Crippen LogP contribution in [0.4, 0.5) is 13.2 Å². The lowest BCUT2D eigenvalue weighted by atomic mass is 9.77. The topological polar surface area (TPSA) is 45.7 Å². The molecule has 5 nitrogen and oxygen atoms in total. The molecule has 1 aromatic heterocycles. The molecule has 0 N–H and O–H groups in total. The highest BCUT2D eigenvalue weighted by Crippen LogP contribution is 2.38. The summed E-state index contributed by atoms with van der Waals surface area (Å²) in [6, 6.07) is 2.19. The third-order valence-corrected chi connectivity index (χ3v) is 5.22. The predicted octanol–water partition coefficient (Wildman–Crippen LogP) is 2.43. The Labute approximate surface area is 144 Å². The van der Waals surface area contributed by atoms with Gasteiger partial charge < -0.3 is 9.64 Å². The van der Waals surface area contributed by atoms with Crippen LogP contribution in [0.3, 0.4) is 0 Å². The summed E-state index contributed by atoms with van der Waals surface area (Å²) in [6.07, 6.45) is -0.643. The number of hydrogen-bond acceptors (Lipinski definition) is 4. The number of halogens is 3. The number of hydrogen-bond donors (Lipinski definition) is 0. The number of likely N-dealkylation sites (tertiary alicyclic amines) is 2. The Morgan fingerprint density at radius 1 is 1.36 bits per heavy atom. The maximum atomic E-state index is 12.8. The van der Waals surface area contributed by atoms with E-state index < -0.39 is 11.9 Å². The second-order valence-corrected chi connectivity index (χ2v) is 6.71. The van der Waals surface area contributed by atoms with E-state index in [0.29, 0.717) is 19.7 Å². The maximum absolute atomic E-state index is 12.8. The van der Waals surface area contributed by atoms with Crippen LogP contribution in [0.25, 0.3) is 0 Å². The fourth-order valence-electron chi connectivity index (χ4n) is 3.79. The van der Waals surface area contributed by atoms with E-state index in [4.69, 9.17) is 4.74 Å². The standard InChI is InChI=1S/C17H22F3N3O2/c1-25-10-9-23-8-5-16(23)4-2-7-22(12-16)15(24)13-3-6-21-14(11-13)17(18,19)20/h3,6,11H,2,4-5,7-10,12H2,1H3/t16-/m1/s1. The first kappa shape index (κ1) is 18.1. The van der Waals surface area contributed by atoms with E-state index in [0.717, 1.165) is 44.6 Å². The summed E-state index contributed by atoms with van der Waals surface area (Å²) in [7, 11) is 1.66. The smallest absolute Gasteiger partial charge is 0.383 e. The summed E-state index contributed by atoms with van der Waals surface area (Å²) in [5.41, 5.74) is -1.04. The highest BCUT2D eigenvalue weighted by Gasteiger charge is 2.47. The van der Waals surface area contributed by atoms with Gasteiger partial charge in [0, 0.05) is 50.6 Å². The molecular formula is C17H22F3N3O2. The van der Waals surface area contributed by atoms with Gasteiger partial charge in [0.15, 0.2) is 0 Å². The van der Waals surface area contributed by atoms with Crippen molar-refractivity contribution in [3.8, 4) is 0 Å². The van der Waals surface area contributed by atoms with E-state index >= 15 is 0 Å². The van der Waals surface area contributed by atoms with Crippen molar-refractivity contribution in [2.45, 2.75) is 31.0 Å². The Hall–Kier alpha value is -1.67. The molecule has 0 aliphatic carbocycles. The monoisotopic (exact) mass is 357 g/mol. The Morgan fingerprint density at radius 3 is 2.80 bits per heavy atom. The SMILES string of the molecule is COCCN1CC[C@@]12CCCN(C(=O)c1ccnc(C(F)(F)F)c1)C2. The van der Waals surface area contributed by atoms with Gasteiger partial charge in [-0.05, 0) is 31.4 Å². The van der Waals surface area contributed by atoms with Crippen LogP contribution >= 0.6 is 0 Å². The predicted molar refractivity (Wildman–Crippen MR) is 85.2 cm³/mol. The molecule has 25 heavy (non-hydrogen) atoms. The summed E-state index contributed by atoms with van der Waals surface area (Å²) >= 11 is 0. The van der Waals surface area contributed by atoms with Crippen molar-refractivity contribution < 1.29 is 22.7 Å². The number of carbonyl (C=O) groups is 1. The number of alkyl halides is 3. The number of nitrogens with zero attached hydrogens (tertiary/aromatic N) is 3. The van der Waals surface area contributed by atoms with E-state index in [1.165, 1.54) is 6.07 Å². The van der Waals surface area contributed by atoms with Crippen LogP contribution in [-0.2, 0) is 10.9 Å². The van der Waals surface area contributed by atoms with Gasteiger partial charge in [-0.25, -0.2) is 0 Å². The molecule has 2 fully saturated rings. The van der Waals surface area contributed by atoms with Gasteiger partial charge in [0.05, 0.1) is 6.61 Å². The number of carbonyl (C=O) groups excluding carboxylic acids is 1. The van der Waals surface area contributed by atoms with Crippen LogP contribution in [0.5, 0.6) is 0 Å². The largest absolute Gasteiger partial charge is 0.433 e. The number of aromatic nitrogens is 1. The van der Waals surface area contributed by atoms with Gasteiger partial charge in [-0.2, -0.15) is 13.2 Å². The van der Waals surface area contributed by atoms with Crippen LogP contribution < -0.4 is 0 Å². The first-order chi connectivity index (χ1) is 11.9. The zero-order valence-corrected chi connectivity index (χ0v) is 14.2. The number of ether oxygens (including phenoxy) is 1. The quantitative estimate of drug-likeness (QED) is 0.830. The summed E-state index contributed by atoms with van der Waals surface area (Å²) in [5, 5.41) is 0. The van der Waals surface area contributed by atoms with Gasteiger partial charge in [0.25, 0.3) is 5.91 Å². The molecule has 8 heteroatoms. The Morgan fingerprint density at radius 2 is 2.16 bits per heavy atom. The summed E-state index contributed by atoms with van der Waals surface area (Å²) in [6.45, 7) is 3.54. The molecule has 0 saturated carbocycles. The number of pyridine rings is 1. The van der Waals surface area contributed by atoms with E-state index in [-0.39, 0.29) is 17.0 Å². The fraction of sp³-hybridized carbons (Fsp3) is 0.647. The molecular weight excluding hydrogens is 335 g/mol. The molecule has 1 aromatic rings. The van der Waals surface area contributed by atoms with E-state index in [9.17, 15) is 18.0 Å². The number of rotatable bonds is 4. The van der Waals surface area contributed by atoms with Crippen molar-refractivity contribution in [2.75, 3.05) is 39.9 Å². The highest BCUT2D eigenvalue weighted by molar-refractivity contribution is 5.94. The molecule has 138 valence electrons. The van der Waals surface area contributed by atoms with E-state index in [1.807, 2.05) is 0 Å². The first-order valence-corrected chi connectivity index (χ1v) is 8.42. The lowest BCUT2D eigenvalue weighted by Crippen LogP contribution is -2.67. The van der Waals surface area contributed by atoms with Crippen molar-refractivity contribution in [1.82, 2.24) is 14.8 Å². The molecule has 1 amide bonds. The lowest BCUT2D eigenvalue weighted by Gasteiger charge is -2.57. The van der Waals surface area contributed by atoms with Crippen LogP contribution in [0.1, 0.15) is 35.3 Å². The minimum Gasteiger partial charge on any atom is -0.383 e. The summed E-state index contributed by atoms with van der Waals surface area (Å²) in [5.74, 6) is -0.356. The second kappa shape index (κ2) is 6.92. The Bertz CT molecular complexity index is 638. The number of amides is 1. The summed E-state index contributed by atoms with van der Waals surface area (Å²) < 4.78 is 43.6. The minimum atomic E-state index is -4.55. The molecule has 3 rings (SSSR count). The molecule has 0 bridgehead atoms. The third kappa shape index (κ3) is 3.64. The van der Waals surface area contributed by atoms with Crippen molar-refractivity contribution in [3.63, 3.8) is 0 Å². The van der Waals surface area contributed by atoms with Crippen LogP contribution in [-0.4, -0.2) is 66.1 Å². The molecule has 2 aliphatic rings. The molecule has 2 aliphatic heterocycles. The molecule has 3 heterocycles. The summed E-state index contributed by atoms with van der Waals surface area (Å²) in [4.78, 5) is 20.0. The van der Waals surface area contributed by atoms with Crippen LogP contribution in [0.2, 0.25) is 0 Å². The van der Waals surface area contributed by atoms with Crippen LogP contribution in [0.15, 0.2) is 18.3 Å². The van der Waals surface area contributed by atoms with Gasteiger partial charge in [-0.1, -0.05) is 0 Å². The normalized spacial score (nSPS) is 24.4. The van der Waals surface area contributed by atoms with Crippen molar-refractivity contribution in [2.24, 2.45) is 0 Å². The first-order valence-electron chi connectivity index (χ1n) is 8.42. The number of methoxy groups -OCH3 is 1. The average molecular weight is 357 g/mol. The van der Waals surface area contributed by atoms with Gasteiger partial charge in [-0.15, -0.1) is 0 Å². The van der Waals surface area contributed by atoms with E-state index in [2.05, 4.69) is 9.88 Å². The van der Waals surface area contributed by atoms with Gasteiger partial charge >= 0.3 is 6.18 Å². The lowest BCUT2D eigenvalue weighted by molar-refractivity contribution is -0.141.